The number of aliphatic hydroxyl groups is 1. The molecule has 0 aromatic heterocycles. The highest BCUT2D eigenvalue weighted by atomic mass is 16.4. The number of benzene rings is 1. The highest BCUT2D eigenvalue weighted by Gasteiger charge is 2.57. The SMILES string of the molecule is CC1(C(=O)O)CCC(C(O)Cc2ccccc2)C1(C)C. The van der Waals surface area contributed by atoms with E-state index in [0.717, 1.165) is 12.0 Å². The number of hydrogen-bond acceptors (Lipinski definition) is 2. The molecule has 0 aliphatic heterocycles. The molecule has 1 saturated carbocycles. The van der Waals surface area contributed by atoms with Gasteiger partial charge >= 0.3 is 5.97 Å². The molecule has 0 amide bonds. The molecule has 3 unspecified atom stereocenters. The summed E-state index contributed by atoms with van der Waals surface area (Å²) < 4.78 is 0. The number of rotatable bonds is 4. The van der Waals surface area contributed by atoms with Crippen molar-refractivity contribution in [3.63, 3.8) is 0 Å². The smallest absolute Gasteiger partial charge is 0.309 e. The second kappa shape index (κ2) is 5.21. The molecule has 1 aromatic carbocycles. The van der Waals surface area contributed by atoms with Crippen LogP contribution >= 0.6 is 0 Å². The summed E-state index contributed by atoms with van der Waals surface area (Å²) in [5, 5.41) is 20.1. The van der Waals surface area contributed by atoms with Crippen molar-refractivity contribution in [2.75, 3.05) is 0 Å². The number of aliphatic carboxylic acids is 1. The second-order valence-electron chi connectivity index (χ2n) is 6.76. The van der Waals surface area contributed by atoms with E-state index < -0.39 is 22.9 Å². The average molecular weight is 276 g/mol. The predicted octanol–water partition coefficient (Wildman–Crippen LogP) is 3.12. The standard InChI is InChI=1S/C17H24O3/c1-16(2)13(9-10-17(16,3)15(19)20)14(18)11-12-7-5-4-6-8-12/h4-8,13-14,18H,9-11H2,1-3H3,(H,19,20). The van der Waals surface area contributed by atoms with Gasteiger partial charge in [0, 0.05) is 0 Å². The maximum Gasteiger partial charge on any atom is 0.309 e. The molecule has 0 heterocycles. The Morgan fingerprint density at radius 1 is 1.30 bits per heavy atom. The molecule has 1 fully saturated rings. The predicted molar refractivity (Wildman–Crippen MR) is 78.4 cm³/mol. The molecule has 2 rings (SSSR count). The molecule has 3 heteroatoms. The van der Waals surface area contributed by atoms with Crippen LogP contribution in [0.5, 0.6) is 0 Å². The lowest BCUT2D eigenvalue weighted by atomic mass is 9.64. The van der Waals surface area contributed by atoms with Crippen LogP contribution < -0.4 is 0 Å². The summed E-state index contributed by atoms with van der Waals surface area (Å²) in [6.45, 7) is 5.77. The van der Waals surface area contributed by atoms with Crippen LogP contribution in [0.15, 0.2) is 30.3 Å². The molecule has 3 nitrogen and oxygen atoms in total. The highest BCUT2D eigenvalue weighted by molar-refractivity contribution is 5.75. The molecule has 0 spiro atoms. The quantitative estimate of drug-likeness (QED) is 0.888. The van der Waals surface area contributed by atoms with Gasteiger partial charge in [0.2, 0.25) is 0 Å². The van der Waals surface area contributed by atoms with Gasteiger partial charge in [-0.2, -0.15) is 0 Å². The summed E-state index contributed by atoms with van der Waals surface area (Å²) in [5.41, 5.74) is -0.0674. The van der Waals surface area contributed by atoms with Gasteiger partial charge in [0.25, 0.3) is 0 Å². The van der Waals surface area contributed by atoms with Crippen LogP contribution in [-0.2, 0) is 11.2 Å². The Hall–Kier alpha value is -1.35. The van der Waals surface area contributed by atoms with E-state index in [-0.39, 0.29) is 5.92 Å². The van der Waals surface area contributed by atoms with Gasteiger partial charge in [0.15, 0.2) is 0 Å². The van der Waals surface area contributed by atoms with Crippen molar-refractivity contribution in [2.24, 2.45) is 16.7 Å². The normalized spacial score (nSPS) is 30.1. The largest absolute Gasteiger partial charge is 0.481 e. The van der Waals surface area contributed by atoms with Gasteiger partial charge in [-0.05, 0) is 43.1 Å². The molecule has 1 aromatic rings. The van der Waals surface area contributed by atoms with Crippen molar-refractivity contribution in [3.8, 4) is 0 Å². The Labute approximate surface area is 120 Å². The van der Waals surface area contributed by atoms with Crippen molar-refractivity contribution in [1.82, 2.24) is 0 Å². The third-order valence-corrected chi connectivity index (χ3v) is 5.53. The fourth-order valence-electron chi connectivity index (χ4n) is 3.59. The van der Waals surface area contributed by atoms with E-state index >= 15 is 0 Å². The van der Waals surface area contributed by atoms with Gasteiger partial charge in [-0.3, -0.25) is 4.79 Å². The zero-order valence-electron chi connectivity index (χ0n) is 12.5. The highest BCUT2D eigenvalue weighted by Crippen LogP contribution is 2.57. The van der Waals surface area contributed by atoms with Crippen molar-refractivity contribution < 1.29 is 15.0 Å². The first-order chi connectivity index (χ1) is 9.29. The van der Waals surface area contributed by atoms with Crippen molar-refractivity contribution in [1.29, 1.82) is 0 Å². The van der Waals surface area contributed by atoms with E-state index in [2.05, 4.69) is 0 Å². The Morgan fingerprint density at radius 3 is 2.40 bits per heavy atom. The van der Waals surface area contributed by atoms with Gasteiger partial charge in [-0.15, -0.1) is 0 Å². The fourth-order valence-corrected chi connectivity index (χ4v) is 3.59. The molecule has 1 aliphatic carbocycles. The molecule has 110 valence electrons. The number of hydrogen-bond donors (Lipinski definition) is 2. The van der Waals surface area contributed by atoms with Gasteiger partial charge in [-0.1, -0.05) is 44.2 Å². The van der Waals surface area contributed by atoms with Crippen LogP contribution in [0.2, 0.25) is 0 Å². The monoisotopic (exact) mass is 276 g/mol. The van der Waals surface area contributed by atoms with Crippen LogP contribution in [-0.4, -0.2) is 22.3 Å². The first-order valence-electron chi connectivity index (χ1n) is 7.24. The first kappa shape index (κ1) is 15.0. The second-order valence-corrected chi connectivity index (χ2v) is 6.76. The molecule has 0 radical (unpaired) electrons. The molecule has 20 heavy (non-hydrogen) atoms. The van der Waals surface area contributed by atoms with Crippen LogP contribution in [0, 0.1) is 16.7 Å². The molecule has 1 aliphatic rings. The Balaban J connectivity index is 2.16. The van der Waals surface area contributed by atoms with E-state index in [1.807, 2.05) is 51.1 Å². The van der Waals surface area contributed by atoms with Gasteiger partial charge in [-0.25, -0.2) is 0 Å². The third-order valence-electron chi connectivity index (χ3n) is 5.53. The minimum absolute atomic E-state index is 0.0174. The van der Waals surface area contributed by atoms with Crippen LogP contribution in [0.25, 0.3) is 0 Å². The van der Waals surface area contributed by atoms with Crippen LogP contribution in [0.4, 0.5) is 0 Å². The molecule has 2 N–H and O–H groups in total. The van der Waals surface area contributed by atoms with Crippen molar-refractivity contribution >= 4 is 5.97 Å². The lowest BCUT2D eigenvalue weighted by Crippen LogP contribution is -2.44. The number of aliphatic hydroxyl groups excluding tert-OH is 1. The van der Waals surface area contributed by atoms with E-state index in [1.165, 1.54) is 0 Å². The lowest BCUT2D eigenvalue weighted by Gasteiger charge is -2.40. The number of carboxylic acids is 1. The van der Waals surface area contributed by atoms with E-state index in [1.54, 1.807) is 0 Å². The average Bonchev–Trinajstić information content (AvgIpc) is 2.63. The third kappa shape index (κ3) is 2.35. The minimum atomic E-state index is -0.755. The maximum absolute atomic E-state index is 11.6. The Kier molecular flexibility index (Phi) is 3.92. The summed E-state index contributed by atoms with van der Waals surface area (Å²) in [6, 6.07) is 9.88. The van der Waals surface area contributed by atoms with Crippen LogP contribution in [0.3, 0.4) is 0 Å². The summed E-state index contributed by atoms with van der Waals surface area (Å²) in [7, 11) is 0. The van der Waals surface area contributed by atoms with E-state index in [0.29, 0.717) is 12.8 Å². The molecule has 3 atom stereocenters. The lowest BCUT2D eigenvalue weighted by molar-refractivity contribution is -0.155. The fraction of sp³-hybridized carbons (Fsp3) is 0.588. The Morgan fingerprint density at radius 2 is 1.90 bits per heavy atom. The van der Waals surface area contributed by atoms with Crippen molar-refractivity contribution in [2.45, 2.75) is 46.1 Å². The number of carbonyl (C=O) groups is 1. The zero-order valence-corrected chi connectivity index (χ0v) is 12.5. The molecule has 0 saturated heterocycles. The van der Waals surface area contributed by atoms with Crippen LogP contribution in [0.1, 0.15) is 39.2 Å². The molecular weight excluding hydrogens is 252 g/mol. The summed E-state index contributed by atoms with van der Waals surface area (Å²) in [6.07, 6.45) is 1.49. The molecular formula is C17H24O3. The van der Waals surface area contributed by atoms with E-state index in [4.69, 9.17) is 0 Å². The van der Waals surface area contributed by atoms with Gasteiger partial charge in [0.1, 0.15) is 0 Å². The first-order valence-corrected chi connectivity index (χ1v) is 7.24. The topological polar surface area (TPSA) is 57.5 Å². The molecule has 0 bridgehead atoms. The van der Waals surface area contributed by atoms with E-state index in [9.17, 15) is 15.0 Å². The summed E-state index contributed by atoms with van der Waals surface area (Å²) in [5.74, 6) is -0.735. The van der Waals surface area contributed by atoms with Gasteiger partial charge < -0.3 is 10.2 Å². The zero-order chi connectivity index (χ0) is 15.0. The van der Waals surface area contributed by atoms with Gasteiger partial charge in [0.05, 0.1) is 11.5 Å². The Bertz CT molecular complexity index is 480. The summed E-state index contributed by atoms with van der Waals surface area (Å²) in [4.78, 5) is 11.6. The minimum Gasteiger partial charge on any atom is -0.481 e. The number of carboxylic acid groups (broad SMARTS) is 1. The maximum atomic E-state index is 11.6. The summed E-state index contributed by atoms with van der Waals surface area (Å²) >= 11 is 0. The van der Waals surface area contributed by atoms with Crippen molar-refractivity contribution in [3.05, 3.63) is 35.9 Å².